The van der Waals surface area contributed by atoms with Gasteiger partial charge < -0.3 is 25.5 Å². The van der Waals surface area contributed by atoms with Crippen LogP contribution in [0.1, 0.15) is 34.1 Å². The molecule has 134 valence electrons. The maximum Gasteiger partial charge on any atom is 0.345 e. The number of aromatic amines is 2. The van der Waals surface area contributed by atoms with E-state index in [-0.39, 0.29) is 0 Å². The highest BCUT2D eigenvalue weighted by atomic mass is 16.4. The summed E-state index contributed by atoms with van der Waals surface area (Å²) in [5.74, 6) is -1.90. The van der Waals surface area contributed by atoms with E-state index < -0.39 is 22.8 Å². The van der Waals surface area contributed by atoms with E-state index in [1.54, 1.807) is 6.92 Å². The number of aromatic carboxylic acids is 1. The number of aromatic hydroxyl groups is 1. The van der Waals surface area contributed by atoms with Crippen molar-refractivity contribution in [3.63, 3.8) is 0 Å². The van der Waals surface area contributed by atoms with E-state index in [9.17, 15) is 19.8 Å². The Hall–Kier alpha value is -3.06. The van der Waals surface area contributed by atoms with Gasteiger partial charge in [-0.3, -0.25) is 4.79 Å². The average molecular weight is 353 g/mol. The standard InChI is InChI=1S/C19H19N3O4/c1-2-10-16(22-18(24)15(17(10)23)19(25)26)9-3-4-11-12-5-6-20-8-14(12)21-13(11)7-9/h3-4,7,20-21H,2,5-6,8H2,1H3,(H,25,26)(H2,22,23,24). The van der Waals surface area contributed by atoms with Crippen molar-refractivity contribution < 1.29 is 15.0 Å². The molecule has 3 aromatic rings. The molecule has 1 aromatic carbocycles. The van der Waals surface area contributed by atoms with Crippen LogP contribution in [0, 0.1) is 0 Å². The third kappa shape index (κ3) is 2.40. The fraction of sp³-hybridized carbons (Fsp3) is 0.263. The number of rotatable bonds is 3. The Balaban J connectivity index is 1.92. The monoisotopic (exact) mass is 353 g/mol. The molecule has 0 saturated heterocycles. The summed E-state index contributed by atoms with van der Waals surface area (Å²) in [6.45, 7) is 3.55. The third-order valence-corrected chi connectivity index (χ3v) is 4.99. The van der Waals surface area contributed by atoms with Gasteiger partial charge in [0.1, 0.15) is 5.75 Å². The van der Waals surface area contributed by atoms with Crippen molar-refractivity contribution in [3.05, 3.63) is 50.9 Å². The summed E-state index contributed by atoms with van der Waals surface area (Å²) in [5, 5.41) is 24.0. The summed E-state index contributed by atoms with van der Waals surface area (Å²) in [6, 6.07) is 5.83. The van der Waals surface area contributed by atoms with Crippen LogP contribution in [0.4, 0.5) is 0 Å². The fourth-order valence-electron chi connectivity index (χ4n) is 3.75. The molecule has 0 amide bonds. The van der Waals surface area contributed by atoms with E-state index in [0.717, 1.165) is 41.7 Å². The molecular weight excluding hydrogens is 334 g/mol. The molecule has 3 heterocycles. The van der Waals surface area contributed by atoms with Gasteiger partial charge >= 0.3 is 5.97 Å². The van der Waals surface area contributed by atoms with Gasteiger partial charge in [-0.25, -0.2) is 4.79 Å². The number of aromatic nitrogens is 2. The summed E-state index contributed by atoms with van der Waals surface area (Å²) in [6.07, 6.45) is 1.35. The van der Waals surface area contributed by atoms with Crippen LogP contribution < -0.4 is 10.9 Å². The number of hydrogen-bond acceptors (Lipinski definition) is 4. The second-order valence-electron chi connectivity index (χ2n) is 6.46. The minimum atomic E-state index is -1.44. The van der Waals surface area contributed by atoms with Crippen LogP contribution in [-0.2, 0) is 19.4 Å². The zero-order chi connectivity index (χ0) is 18.4. The first-order chi connectivity index (χ1) is 12.5. The number of benzene rings is 1. The smallest absolute Gasteiger partial charge is 0.345 e. The highest BCUT2D eigenvalue weighted by Crippen LogP contribution is 2.33. The average Bonchev–Trinajstić information content (AvgIpc) is 2.98. The van der Waals surface area contributed by atoms with Gasteiger partial charge in [-0.05, 0) is 31.0 Å². The lowest BCUT2D eigenvalue weighted by Crippen LogP contribution is -2.22. The lowest BCUT2D eigenvalue weighted by molar-refractivity contribution is 0.0691. The first kappa shape index (κ1) is 16.4. The molecule has 0 atom stereocenters. The molecule has 0 bridgehead atoms. The van der Waals surface area contributed by atoms with Gasteiger partial charge in [0.15, 0.2) is 5.56 Å². The Morgan fingerprint density at radius 3 is 2.81 bits per heavy atom. The zero-order valence-electron chi connectivity index (χ0n) is 14.3. The van der Waals surface area contributed by atoms with Crippen LogP contribution in [0.5, 0.6) is 5.75 Å². The molecular formula is C19H19N3O4. The van der Waals surface area contributed by atoms with E-state index in [1.165, 1.54) is 5.56 Å². The Kier molecular flexibility index (Phi) is 3.81. The van der Waals surface area contributed by atoms with Gasteiger partial charge in [0, 0.05) is 34.3 Å². The first-order valence-corrected chi connectivity index (χ1v) is 8.57. The number of carboxylic acid groups (broad SMARTS) is 1. The van der Waals surface area contributed by atoms with Crippen molar-refractivity contribution in [1.29, 1.82) is 0 Å². The number of carboxylic acids is 1. The quantitative estimate of drug-likeness (QED) is 0.494. The molecule has 0 unspecified atom stereocenters. The van der Waals surface area contributed by atoms with Gasteiger partial charge in [-0.1, -0.05) is 19.1 Å². The maximum absolute atomic E-state index is 12.2. The molecule has 0 spiro atoms. The van der Waals surface area contributed by atoms with Gasteiger partial charge in [0.05, 0.1) is 5.69 Å². The molecule has 0 radical (unpaired) electrons. The van der Waals surface area contributed by atoms with Crippen molar-refractivity contribution in [1.82, 2.24) is 15.3 Å². The van der Waals surface area contributed by atoms with E-state index in [1.807, 2.05) is 18.2 Å². The predicted molar refractivity (Wildman–Crippen MR) is 97.8 cm³/mol. The van der Waals surface area contributed by atoms with E-state index in [4.69, 9.17) is 0 Å². The molecule has 7 heteroatoms. The summed E-state index contributed by atoms with van der Waals surface area (Å²) < 4.78 is 0. The molecule has 0 saturated carbocycles. The van der Waals surface area contributed by atoms with E-state index in [0.29, 0.717) is 17.7 Å². The van der Waals surface area contributed by atoms with Gasteiger partial charge in [-0.2, -0.15) is 0 Å². The number of nitrogens with one attached hydrogen (secondary N) is 3. The highest BCUT2D eigenvalue weighted by molar-refractivity contribution is 5.93. The minimum absolute atomic E-state index is 0.390. The molecule has 2 aromatic heterocycles. The molecule has 5 N–H and O–H groups in total. The predicted octanol–water partition coefficient (Wildman–Crippen LogP) is 2.14. The fourth-order valence-corrected chi connectivity index (χ4v) is 3.75. The lowest BCUT2D eigenvalue weighted by Gasteiger charge is -2.13. The van der Waals surface area contributed by atoms with Crippen molar-refractivity contribution in [2.45, 2.75) is 26.3 Å². The van der Waals surface area contributed by atoms with Crippen molar-refractivity contribution in [2.24, 2.45) is 0 Å². The normalized spacial score (nSPS) is 13.7. The molecule has 0 fully saturated rings. The number of hydrogen-bond donors (Lipinski definition) is 5. The molecule has 7 nitrogen and oxygen atoms in total. The summed E-state index contributed by atoms with van der Waals surface area (Å²) in [7, 11) is 0. The van der Waals surface area contributed by atoms with Crippen LogP contribution in [0.15, 0.2) is 23.0 Å². The third-order valence-electron chi connectivity index (χ3n) is 4.99. The summed E-state index contributed by atoms with van der Waals surface area (Å²) in [5.41, 5.74) is 3.60. The van der Waals surface area contributed by atoms with Crippen LogP contribution in [0.3, 0.4) is 0 Å². The number of H-pyrrole nitrogens is 2. The second kappa shape index (κ2) is 6.03. The van der Waals surface area contributed by atoms with Gasteiger partial charge in [-0.15, -0.1) is 0 Å². The summed E-state index contributed by atoms with van der Waals surface area (Å²) in [4.78, 5) is 29.5. The molecule has 4 rings (SSSR count). The number of fused-ring (bicyclic) bond motifs is 3. The lowest BCUT2D eigenvalue weighted by atomic mass is 9.98. The van der Waals surface area contributed by atoms with E-state index in [2.05, 4.69) is 15.3 Å². The highest BCUT2D eigenvalue weighted by Gasteiger charge is 2.22. The Labute approximate surface area is 148 Å². The van der Waals surface area contributed by atoms with Crippen molar-refractivity contribution in [2.75, 3.05) is 6.54 Å². The maximum atomic E-state index is 12.2. The first-order valence-electron chi connectivity index (χ1n) is 8.57. The Morgan fingerprint density at radius 2 is 2.08 bits per heavy atom. The van der Waals surface area contributed by atoms with Crippen molar-refractivity contribution >= 4 is 16.9 Å². The van der Waals surface area contributed by atoms with Gasteiger partial charge in [0.2, 0.25) is 0 Å². The Morgan fingerprint density at radius 1 is 1.27 bits per heavy atom. The van der Waals surface area contributed by atoms with Crippen LogP contribution in [0.2, 0.25) is 0 Å². The Bertz CT molecular complexity index is 1090. The SMILES string of the molecule is CCc1c(-c2ccc3c4c([nH]c3c2)CNCC4)[nH]c(=O)c(C(=O)O)c1O. The summed E-state index contributed by atoms with van der Waals surface area (Å²) >= 11 is 0. The number of carbonyl (C=O) groups is 1. The van der Waals surface area contributed by atoms with Crippen LogP contribution in [-0.4, -0.2) is 32.7 Å². The second-order valence-corrected chi connectivity index (χ2v) is 6.46. The molecule has 1 aliphatic heterocycles. The minimum Gasteiger partial charge on any atom is -0.506 e. The van der Waals surface area contributed by atoms with Crippen LogP contribution >= 0.6 is 0 Å². The molecule has 26 heavy (non-hydrogen) atoms. The zero-order valence-corrected chi connectivity index (χ0v) is 14.3. The molecule has 1 aliphatic rings. The van der Waals surface area contributed by atoms with Gasteiger partial charge in [0.25, 0.3) is 5.56 Å². The number of pyridine rings is 1. The van der Waals surface area contributed by atoms with Crippen LogP contribution in [0.25, 0.3) is 22.2 Å². The molecule has 0 aliphatic carbocycles. The van der Waals surface area contributed by atoms with Crippen molar-refractivity contribution in [3.8, 4) is 17.0 Å². The topological polar surface area (TPSA) is 118 Å². The van der Waals surface area contributed by atoms with E-state index >= 15 is 0 Å². The largest absolute Gasteiger partial charge is 0.506 e.